The van der Waals surface area contributed by atoms with Crippen molar-refractivity contribution in [3.63, 3.8) is 0 Å². The Morgan fingerprint density at radius 2 is 2.15 bits per heavy atom. The molecule has 0 amide bonds. The van der Waals surface area contributed by atoms with Crippen LogP contribution in [0.3, 0.4) is 0 Å². The summed E-state index contributed by atoms with van der Waals surface area (Å²) in [5.41, 5.74) is 1.30. The molecule has 0 radical (unpaired) electrons. The maximum absolute atomic E-state index is 6.01. The van der Waals surface area contributed by atoms with Gasteiger partial charge in [0.15, 0.2) is 11.7 Å². The zero-order valence-electron chi connectivity index (χ0n) is 14.8. The van der Waals surface area contributed by atoms with E-state index in [1.54, 1.807) is 6.20 Å². The highest BCUT2D eigenvalue weighted by atomic mass is 35.5. The number of aromatic nitrogens is 4. The summed E-state index contributed by atoms with van der Waals surface area (Å²) in [6, 6.07) is 2.02. The van der Waals surface area contributed by atoms with Crippen molar-refractivity contribution in [2.45, 2.75) is 56.6 Å². The Balaban J connectivity index is 1.30. The summed E-state index contributed by atoms with van der Waals surface area (Å²) in [5, 5.41) is 14.3. The summed E-state index contributed by atoms with van der Waals surface area (Å²) in [5.74, 6) is 2.43. The first-order valence-corrected chi connectivity index (χ1v) is 9.30. The molecule has 2 aromatic heterocycles. The number of aromatic amines is 1. The number of H-pyrrole nitrogens is 1. The lowest BCUT2D eigenvalue weighted by Crippen LogP contribution is -2.29. The molecule has 2 saturated carbocycles. The van der Waals surface area contributed by atoms with E-state index in [0.29, 0.717) is 28.6 Å². The Hall–Kier alpha value is -2.28. The fraction of sp³-hybridized carbons (Fsp3) is 0.500. The molecule has 8 heteroatoms. The van der Waals surface area contributed by atoms with Crippen LogP contribution in [-0.4, -0.2) is 31.8 Å². The molecule has 0 saturated heterocycles. The van der Waals surface area contributed by atoms with Gasteiger partial charge in [-0.15, -0.1) is 0 Å². The molecular formula is C18H23ClN6O. The number of anilines is 2. The minimum absolute atomic E-state index is 0.198. The molecule has 0 bridgehead atoms. The molecule has 0 aromatic carbocycles. The van der Waals surface area contributed by atoms with Gasteiger partial charge < -0.3 is 15.4 Å². The lowest BCUT2D eigenvalue weighted by Gasteiger charge is -2.20. The first kappa shape index (κ1) is 17.1. The van der Waals surface area contributed by atoms with Crippen LogP contribution in [0.2, 0.25) is 5.15 Å². The molecule has 3 N–H and O–H groups in total. The summed E-state index contributed by atoms with van der Waals surface area (Å²) in [6.07, 6.45) is 8.69. The Labute approximate surface area is 157 Å². The monoisotopic (exact) mass is 374 g/mol. The van der Waals surface area contributed by atoms with Crippen LogP contribution in [0, 0.1) is 0 Å². The maximum atomic E-state index is 6.01. The van der Waals surface area contributed by atoms with E-state index in [0.717, 1.165) is 25.0 Å². The third-order valence-electron chi connectivity index (χ3n) is 5.05. The van der Waals surface area contributed by atoms with Gasteiger partial charge in [-0.25, -0.2) is 9.97 Å². The van der Waals surface area contributed by atoms with E-state index in [4.69, 9.17) is 16.3 Å². The third-order valence-corrected chi connectivity index (χ3v) is 5.24. The zero-order valence-corrected chi connectivity index (χ0v) is 15.5. The highest BCUT2D eigenvalue weighted by molar-refractivity contribution is 6.29. The number of hydrogen-bond donors (Lipinski definition) is 3. The van der Waals surface area contributed by atoms with Crippen molar-refractivity contribution >= 4 is 23.2 Å². The summed E-state index contributed by atoms with van der Waals surface area (Å²) >= 11 is 5.75. The van der Waals surface area contributed by atoms with E-state index in [9.17, 15) is 0 Å². The zero-order chi connectivity index (χ0) is 18.1. The van der Waals surface area contributed by atoms with Crippen LogP contribution in [-0.2, 0) is 4.74 Å². The molecule has 2 heterocycles. The van der Waals surface area contributed by atoms with Crippen LogP contribution < -0.4 is 10.6 Å². The highest BCUT2D eigenvalue weighted by Gasteiger charge is 2.38. The van der Waals surface area contributed by atoms with E-state index in [2.05, 4.69) is 44.3 Å². The van der Waals surface area contributed by atoms with Crippen LogP contribution in [0.25, 0.3) is 0 Å². The Bertz CT molecular complexity index is 785. The number of hydrogen-bond acceptors (Lipinski definition) is 6. The number of ether oxygens (including phenoxy) is 1. The fourth-order valence-electron chi connectivity index (χ4n) is 3.33. The number of nitrogens with zero attached hydrogens (tertiary/aromatic N) is 3. The van der Waals surface area contributed by atoms with Crippen molar-refractivity contribution in [1.29, 1.82) is 0 Å². The Morgan fingerprint density at radius 1 is 1.31 bits per heavy atom. The molecule has 2 fully saturated rings. The summed E-state index contributed by atoms with van der Waals surface area (Å²) in [7, 11) is 0. The molecule has 2 aromatic rings. The van der Waals surface area contributed by atoms with E-state index in [1.165, 1.54) is 19.0 Å². The summed E-state index contributed by atoms with van der Waals surface area (Å²) in [6.45, 7) is 6.21. The van der Waals surface area contributed by atoms with Gasteiger partial charge in [-0.2, -0.15) is 5.10 Å². The lowest BCUT2D eigenvalue weighted by molar-refractivity contribution is 0.102. The topological polar surface area (TPSA) is 87.8 Å². The van der Waals surface area contributed by atoms with Gasteiger partial charge in [-0.1, -0.05) is 11.6 Å². The largest absolute Gasteiger partial charge is 0.476 e. The molecule has 0 spiro atoms. The van der Waals surface area contributed by atoms with Gasteiger partial charge in [-0.05, 0) is 45.6 Å². The normalized spacial score (nSPS) is 23.5. The predicted molar refractivity (Wildman–Crippen MR) is 100 cm³/mol. The van der Waals surface area contributed by atoms with Crippen LogP contribution in [0.1, 0.15) is 50.6 Å². The quantitative estimate of drug-likeness (QED) is 0.638. The number of halogens is 1. The van der Waals surface area contributed by atoms with Gasteiger partial charge in [0, 0.05) is 23.2 Å². The average molecular weight is 375 g/mol. The smallest absolute Gasteiger partial charge is 0.179 e. The molecule has 2 aliphatic rings. The first-order chi connectivity index (χ1) is 12.5. The van der Waals surface area contributed by atoms with Crippen molar-refractivity contribution in [3.05, 3.63) is 41.8 Å². The van der Waals surface area contributed by atoms with Gasteiger partial charge >= 0.3 is 0 Å². The molecule has 26 heavy (non-hydrogen) atoms. The van der Waals surface area contributed by atoms with Crippen LogP contribution >= 0.6 is 11.6 Å². The molecule has 7 nitrogen and oxygen atoms in total. The van der Waals surface area contributed by atoms with Gasteiger partial charge in [0.2, 0.25) is 0 Å². The fourth-order valence-corrected chi connectivity index (χ4v) is 3.42. The van der Waals surface area contributed by atoms with Crippen molar-refractivity contribution in [1.82, 2.24) is 25.5 Å². The second kappa shape index (κ2) is 6.79. The van der Waals surface area contributed by atoms with E-state index >= 15 is 0 Å². The van der Waals surface area contributed by atoms with Crippen molar-refractivity contribution in [2.24, 2.45) is 0 Å². The van der Waals surface area contributed by atoms with E-state index < -0.39 is 0 Å². The lowest BCUT2D eigenvalue weighted by atomic mass is 10.0. The SMILES string of the molecule is C=C(NC1(C)CC1)O[C@@H]1CC[C@H](c2cc(Nc3cnc(Cl)cn3)n[nH]2)C1. The van der Waals surface area contributed by atoms with Crippen LogP contribution in [0.15, 0.2) is 30.9 Å². The van der Waals surface area contributed by atoms with Crippen molar-refractivity contribution in [3.8, 4) is 0 Å². The van der Waals surface area contributed by atoms with Crippen molar-refractivity contribution in [2.75, 3.05) is 5.32 Å². The minimum atomic E-state index is 0.198. The van der Waals surface area contributed by atoms with Gasteiger partial charge in [0.25, 0.3) is 0 Å². The summed E-state index contributed by atoms with van der Waals surface area (Å²) in [4.78, 5) is 8.16. The molecule has 0 aliphatic heterocycles. The van der Waals surface area contributed by atoms with Crippen molar-refractivity contribution < 1.29 is 4.74 Å². The predicted octanol–water partition coefficient (Wildman–Crippen LogP) is 3.86. The molecule has 4 rings (SSSR count). The minimum Gasteiger partial charge on any atom is -0.476 e. The van der Waals surface area contributed by atoms with E-state index in [-0.39, 0.29) is 11.6 Å². The molecule has 2 atom stereocenters. The third kappa shape index (κ3) is 4.09. The standard InChI is InChI=1S/C18H23ClN6O/c1-11(23-18(2)5-6-18)26-13-4-3-12(7-13)14-8-16(25-24-14)22-17-10-20-15(19)9-21-17/h8-10,12-13,23H,1,3-7H2,2H3,(H2,21,22,24,25)/t12-,13+/m0/s1. The maximum Gasteiger partial charge on any atom is 0.179 e. The molecule has 2 aliphatic carbocycles. The molecule has 0 unspecified atom stereocenters. The highest BCUT2D eigenvalue weighted by Crippen LogP contribution is 2.38. The summed E-state index contributed by atoms with van der Waals surface area (Å²) < 4.78 is 6.01. The van der Waals surface area contributed by atoms with E-state index in [1.807, 2.05) is 6.07 Å². The second-order valence-corrected chi connectivity index (χ2v) is 7.80. The average Bonchev–Trinajstić information content (AvgIpc) is 3.01. The molecular weight excluding hydrogens is 352 g/mol. The van der Waals surface area contributed by atoms with Gasteiger partial charge in [-0.3, -0.25) is 5.10 Å². The van der Waals surface area contributed by atoms with Crippen LogP contribution in [0.5, 0.6) is 0 Å². The Kier molecular flexibility index (Phi) is 4.48. The Morgan fingerprint density at radius 3 is 2.88 bits per heavy atom. The van der Waals surface area contributed by atoms with Gasteiger partial charge in [0.05, 0.1) is 12.4 Å². The first-order valence-electron chi connectivity index (χ1n) is 8.93. The molecule has 138 valence electrons. The second-order valence-electron chi connectivity index (χ2n) is 7.42. The van der Waals surface area contributed by atoms with Gasteiger partial charge in [0.1, 0.15) is 17.1 Å². The van der Waals surface area contributed by atoms with Crippen LogP contribution in [0.4, 0.5) is 11.6 Å². The number of rotatable bonds is 7. The number of nitrogens with one attached hydrogen (secondary N) is 3.